The lowest BCUT2D eigenvalue weighted by Gasteiger charge is -2.34. The Balaban J connectivity index is 0.902. The van der Waals surface area contributed by atoms with Gasteiger partial charge in [-0.2, -0.15) is 0 Å². The lowest BCUT2D eigenvalue weighted by atomic mass is 9.68. The Morgan fingerprint density at radius 2 is 0.783 bits per heavy atom. The second-order valence-corrected chi connectivity index (χ2v) is 17.6. The second-order valence-electron chi connectivity index (χ2n) is 17.6. The molecule has 2 heterocycles. The fourth-order valence-corrected chi connectivity index (χ4v) is 10.5. The van der Waals surface area contributed by atoms with Gasteiger partial charge in [0.05, 0.1) is 16.8 Å². The topological polar surface area (TPSA) is 44.2 Å². The lowest BCUT2D eigenvalue weighted by Crippen LogP contribution is -2.28. The van der Waals surface area contributed by atoms with Crippen LogP contribution < -0.4 is 9.47 Å². The third-order valence-corrected chi connectivity index (χ3v) is 13.7. The molecule has 1 aromatic heterocycles. The van der Waals surface area contributed by atoms with Gasteiger partial charge in [0, 0.05) is 27.8 Å². The Hall–Kier alpha value is -9.12. The molecule has 0 amide bonds. The molecular weight excluding hydrogens is 841 g/mol. The van der Waals surface area contributed by atoms with Gasteiger partial charge in [0.1, 0.15) is 0 Å². The molecule has 0 fully saturated rings. The Bertz CT molecular complexity index is 3560. The molecule has 4 nitrogen and oxygen atoms in total. The van der Waals surface area contributed by atoms with Crippen LogP contribution in [0.15, 0.2) is 255 Å². The molecule has 0 unspecified atom stereocenters. The van der Waals surface area contributed by atoms with Gasteiger partial charge < -0.3 is 9.47 Å². The van der Waals surface area contributed by atoms with Crippen LogP contribution in [0, 0.1) is 0 Å². The zero-order valence-electron chi connectivity index (χ0n) is 37.5. The summed E-state index contributed by atoms with van der Waals surface area (Å²) in [6.45, 7) is 0. The number of hydrogen-bond acceptors (Lipinski definition) is 4. The first-order valence-electron chi connectivity index (χ1n) is 23.4. The minimum absolute atomic E-state index is 0.557. The largest absolute Gasteiger partial charge is 0.449 e. The summed E-state index contributed by atoms with van der Waals surface area (Å²) in [4.78, 5) is 10.5. The van der Waals surface area contributed by atoms with Gasteiger partial charge in [-0.3, -0.25) is 0 Å². The summed E-state index contributed by atoms with van der Waals surface area (Å²) in [6.07, 6.45) is 0. The van der Waals surface area contributed by atoms with E-state index in [-0.39, 0.29) is 0 Å². The van der Waals surface area contributed by atoms with E-state index < -0.39 is 5.41 Å². The number of benzene rings is 10. The van der Waals surface area contributed by atoms with E-state index >= 15 is 0 Å². The monoisotopic (exact) mass is 882 g/mol. The van der Waals surface area contributed by atoms with Crippen LogP contribution in [0.25, 0.3) is 78.4 Å². The van der Waals surface area contributed by atoms with E-state index in [2.05, 4.69) is 231 Å². The Kier molecular flexibility index (Phi) is 9.69. The predicted molar refractivity (Wildman–Crippen MR) is 279 cm³/mol. The Labute approximate surface area is 401 Å². The first-order valence-corrected chi connectivity index (χ1v) is 23.4. The fraction of sp³-hybridized carbons (Fsp3) is 0.0154. The molecule has 11 aromatic rings. The van der Waals surface area contributed by atoms with E-state index in [0.717, 1.165) is 83.9 Å². The smallest absolute Gasteiger partial charge is 0.178 e. The van der Waals surface area contributed by atoms with E-state index in [1.54, 1.807) is 0 Å². The van der Waals surface area contributed by atoms with Crippen molar-refractivity contribution in [3.05, 3.63) is 277 Å². The van der Waals surface area contributed by atoms with Gasteiger partial charge in [0.2, 0.25) is 0 Å². The number of ether oxygens (including phenoxy) is 2. The van der Waals surface area contributed by atoms with Gasteiger partial charge in [-0.15, -0.1) is 0 Å². The average molecular weight is 883 g/mol. The van der Waals surface area contributed by atoms with Gasteiger partial charge in [0.15, 0.2) is 28.8 Å². The number of fused-ring (bicyclic) bond motifs is 6. The lowest BCUT2D eigenvalue weighted by molar-refractivity contribution is 0.361. The minimum Gasteiger partial charge on any atom is -0.449 e. The summed E-state index contributed by atoms with van der Waals surface area (Å²) in [5, 5.41) is 0. The maximum absolute atomic E-state index is 7.21. The summed E-state index contributed by atoms with van der Waals surface area (Å²) < 4.78 is 14.0. The van der Waals surface area contributed by atoms with Crippen molar-refractivity contribution in [3.8, 4) is 101 Å². The number of hydrogen-bond donors (Lipinski definition) is 0. The van der Waals surface area contributed by atoms with Crippen molar-refractivity contribution in [2.24, 2.45) is 0 Å². The van der Waals surface area contributed by atoms with Crippen LogP contribution in [0.3, 0.4) is 0 Å². The molecule has 0 N–H and O–H groups in total. The number of para-hydroxylation sites is 1. The first-order chi connectivity index (χ1) is 34.2. The van der Waals surface area contributed by atoms with Crippen molar-refractivity contribution in [2.45, 2.75) is 5.41 Å². The van der Waals surface area contributed by atoms with Crippen LogP contribution in [0.5, 0.6) is 23.0 Å². The zero-order valence-corrected chi connectivity index (χ0v) is 37.5. The highest BCUT2D eigenvalue weighted by Crippen LogP contribution is 2.63. The third-order valence-electron chi connectivity index (χ3n) is 13.7. The van der Waals surface area contributed by atoms with Crippen LogP contribution >= 0.6 is 0 Å². The van der Waals surface area contributed by atoms with Crippen molar-refractivity contribution >= 4 is 0 Å². The van der Waals surface area contributed by atoms with E-state index in [1.165, 1.54) is 16.7 Å². The summed E-state index contributed by atoms with van der Waals surface area (Å²) >= 11 is 0. The predicted octanol–water partition coefficient (Wildman–Crippen LogP) is 16.7. The normalized spacial score (nSPS) is 12.7. The van der Waals surface area contributed by atoms with Crippen molar-refractivity contribution in [1.82, 2.24) is 9.97 Å². The third kappa shape index (κ3) is 6.84. The van der Waals surface area contributed by atoms with E-state index in [9.17, 15) is 0 Å². The quantitative estimate of drug-likeness (QED) is 0.152. The Morgan fingerprint density at radius 1 is 0.290 bits per heavy atom. The van der Waals surface area contributed by atoms with Crippen LogP contribution in [-0.2, 0) is 5.41 Å². The molecule has 13 rings (SSSR count). The van der Waals surface area contributed by atoms with Gasteiger partial charge >= 0.3 is 0 Å². The number of rotatable bonds is 8. The molecule has 0 bridgehead atoms. The Morgan fingerprint density at radius 3 is 1.45 bits per heavy atom. The van der Waals surface area contributed by atoms with Crippen molar-refractivity contribution in [3.63, 3.8) is 0 Å². The van der Waals surface area contributed by atoms with Gasteiger partial charge in [-0.05, 0) is 86.0 Å². The molecule has 0 saturated heterocycles. The molecule has 1 aliphatic heterocycles. The van der Waals surface area contributed by atoms with Crippen molar-refractivity contribution in [2.75, 3.05) is 0 Å². The molecule has 4 heteroatoms. The minimum atomic E-state index is -0.557. The molecule has 0 radical (unpaired) electrons. The van der Waals surface area contributed by atoms with Crippen LogP contribution in [0.1, 0.15) is 22.3 Å². The standard InChI is InChI=1S/C65H42N2O2/c1-5-18-43(19-6-1)47-22-15-24-49(40-47)58-42-57(66-64(67-58)50-25-16-23-48(41-50)44-20-7-2-8-21-44)46-36-34-45(35-37-46)53-31-17-33-59-62(53)69-63-60(68-59)39-38-56-61(63)54-30-13-14-32-55(54)65(56,51-26-9-3-10-27-51)52-28-11-4-12-29-52/h1-42H. The highest BCUT2D eigenvalue weighted by Gasteiger charge is 2.48. The van der Waals surface area contributed by atoms with Crippen LogP contribution in [0.4, 0.5) is 0 Å². The first kappa shape index (κ1) is 40.2. The highest BCUT2D eigenvalue weighted by molar-refractivity contribution is 5.93. The van der Waals surface area contributed by atoms with Crippen LogP contribution in [-0.4, -0.2) is 9.97 Å². The van der Waals surface area contributed by atoms with Crippen molar-refractivity contribution < 1.29 is 9.47 Å². The summed E-state index contributed by atoms with van der Waals surface area (Å²) in [5.41, 5.74) is 17.5. The average Bonchev–Trinajstić information content (AvgIpc) is 3.75. The number of aromatic nitrogens is 2. The summed E-state index contributed by atoms with van der Waals surface area (Å²) in [6, 6.07) is 89.5. The molecule has 324 valence electrons. The molecule has 0 spiro atoms. The summed E-state index contributed by atoms with van der Waals surface area (Å²) in [7, 11) is 0. The highest BCUT2D eigenvalue weighted by atomic mass is 16.6. The molecule has 0 atom stereocenters. The van der Waals surface area contributed by atoms with E-state index in [1.807, 2.05) is 24.3 Å². The molecule has 0 saturated carbocycles. The molecule has 69 heavy (non-hydrogen) atoms. The second kappa shape index (κ2) is 16.6. The summed E-state index contributed by atoms with van der Waals surface area (Å²) in [5.74, 6) is 3.43. The fourth-order valence-electron chi connectivity index (χ4n) is 10.5. The molecule has 1 aliphatic carbocycles. The van der Waals surface area contributed by atoms with E-state index in [0.29, 0.717) is 23.1 Å². The molecule has 2 aliphatic rings. The van der Waals surface area contributed by atoms with Gasteiger partial charge in [0.25, 0.3) is 0 Å². The van der Waals surface area contributed by atoms with Gasteiger partial charge in [-0.25, -0.2) is 9.97 Å². The molecular formula is C65H42N2O2. The number of nitrogens with zero attached hydrogens (tertiary/aromatic N) is 2. The maximum Gasteiger partial charge on any atom is 0.178 e. The van der Waals surface area contributed by atoms with Gasteiger partial charge in [-0.1, -0.05) is 224 Å². The SMILES string of the molecule is c1ccc(-c2cccc(-c3cc(-c4ccc(-c5cccc6c5Oc5c(ccc7c5-c5ccccc5C7(c5ccccc5)c5ccccc5)O6)cc4)nc(-c4cccc(-c5ccccc5)c4)n3)c2)cc1. The molecule has 10 aromatic carbocycles. The van der Waals surface area contributed by atoms with E-state index in [4.69, 9.17) is 19.4 Å². The zero-order chi connectivity index (χ0) is 45.7. The van der Waals surface area contributed by atoms with Crippen LogP contribution in [0.2, 0.25) is 0 Å². The maximum atomic E-state index is 7.21. The van der Waals surface area contributed by atoms with Crippen molar-refractivity contribution in [1.29, 1.82) is 0 Å².